The van der Waals surface area contributed by atoms with Crippen molar-refractivity contribution < 1.29 is 22.8 Å². The number of carbonyl (C=O) groups is 1. The highest BCUT2D eigenvalue weighted by Crippen LogP contribution is 2.23. The lowest BCUT2D eigenvalue weighted by atomic mass is 10.3. The summed E-state index contributed by atoms with van der Waals surface area (Å²) in [7, 11) is -3.75. The van der Waals surface area contributed by atoms with E-state index in [-0.39, 0.29) is 16.4 Å². The van der Waals surface area contributed by atoms with Gasteiger partial charge in [-0.05, 0) is 12.1 Å². The number of hydrogen-bond donors (Lipinski definition) is 2. The number of aromatic nitrogens is 1. The number of sulfonamides is 1. The monoisotopic (exact) mass is 288 g/mol. The van der Waals surface area contributed by atoms with Gasteiger partial charge >= 0.3 is 5.97 Å². The lowest BCUT2D eigenvalue weighted by molar-refractivity contribution is -0.136. The maximum atomic E-state index is 11.9. The third-order valence-electron chi connectivity index (χ3n) is 1.90. The van der Waals surface area contributed by atoms with Crippen LogP contribution in [-0.2, 0) is 21.2 Å². The number of thiophene rings is 1. The first kappa shape index (κ1) is 12.6. The maximum Gasteiger partial charge on any atom is 0.308 e. The van der Waals surface area contributed by atoms with Crippen molar-refractivity contribution in [1.82, 2.24) is 5.16 Å². The number of nitrogens with zero attached hydrogens (tertiary/aromatic N) is 1. The molecule has 0 spiro atoms. The zero-order chi connectivity index (χ0) is 13.2. The highest BCUT2D eigenvalue weighted by Gasteiger charge is 2.18. The standard InChI is InChI=1S/C9H8N2O5S2/c12-8(13)5-6-1-2-9(17-6)18(14,15)11-7-3-4-16-10-7/h1-4H,5H2,(H,10,11)(H,12,13). The number of rotatable bonds is 5. The molecule has 9 heteroatoms. The summed E-state index contributed by atoms with van der Waals surface area (Å²) >= 11 is 0.900. The largest absolute Gasteiger partial charge is 0.481 e. The van der Waals surface area contributed by atoms with Crippen LogP contribution in [0.3, 0.4) is 0 Å². The first-order chi connectivity index (χ1) is 8.47. The first-order valence-corrected chi connectivity index (χ1v) is 7.01. The molecule has 0 bridgehead atoms. The Hall–Kier alpha value is -1.87. The van der Waals surface area contributed by atoms with E-state index in [0.29, 0.717) is 4.88 Å². The molecule has 0 saturated carbocycles. The van der Waals surface area contributed by atoms with E-state index in [1.807, 2.05) is 0 Å². The molecular weight excluding hydrogens is 280 g/mol. The fourth-order valence-corrected chi connectivity index (χ4v) is 3.54. The van der Waals surface area contributed by atoms with E-state index in [9.17, 15) is 13.2 Å². The van der Waals surface area contributed by atoms with Crippen molar-refractivity contribution in [3.63, 3.8) is 0 Å². The Labute approximate surface area is 106 Å². The summed E-state index contributed by atoms with van der Waals surface area (Å²) in [4.78, 5) is 11.0. The molecule has 7 nitrogen and oxygen atoms in total. The summed E-state index contributed by atoms with van der Waals surface area (Å²) in [5, 5.41) is 12.0. The van der Waals surface area contributed by atoms with Crippen LogP contribution in [0.4, 0.5) is 5.82 Å². The SMILES string of the molecule is O=C(O)Cc1ccc(S(=O)(=O)Nc2ccon2)s1. The van der Waals surface area contributed by atoms with Gasteiger partial charge in [0, 0.05) is 10.9 Å². The smallest absolute Gasteiger partial charge is 0.308 e. The highest BCUT2D eigenvalue weighted by molar-refractivity contribution is 7.94. The molecule has 0 unspecified atom stereocenters. The van der Waals surface area contributed by atoms with E-state index in [2.05, 4.69) is 14.4 Å². The summed E-state index contributed by atoms with van der Waals surface area (Å²) in [5.74, 6) is -0.937. The summed E-state index contributed by atoms with van der Waals surface area (Å²) in [6.45, 7) is 0. The molecule has 0 atom stereocenters. The number of carboxylic acids is 1. The van der Waals surface area contributed by atoms with E-state index in [0.717, 1.165) is 11.3 Å². The van der Waals surface area contributed by atoms with Crippen LogP contribution in [-0.4, -0.2) is 24.7 Å². The zero-order valence-corrected chi connectivity index (χ0v) is 10.5. The van der Waals surface area contributed by atoms with Crippen LogP contribution >= 0.6 is 11.3 Å². The Morgan fingerprint density at radius 3 is 2.83 bits per heavy atom. The van der Waals surface area contributed by atoms with Crippen molar-refractivity contribution in [2.45, 2.75) is 10.6 Å². The van der Waals surface area contributed by atoms with Crippen molar-refractivity contribution in [3.05, 3.63) is 29.3 Å². The van der Waals surface area contributed by atoms with Gasteiger partial charge < -0.3 is 9.63 Å². The fraction of sp³-hybridized carbons (Fsp3) is 0.111. The summed E-state index contributed by atoms with van der Waals surface area (Å²) in [6.07, 6.45) is 1.03. The van der Waals surface area contributed by atoms with Crippen LogP contribution in [0.5, 0.6) is 0 Å². The molecule has 18 heavy (non-hydrogen) atoms. The van der Waals surface area contributed by atoms with Gasteiger partial charge in [-0.25, -0.2) is 8.42 Å². The predicted octanol–water partition coefficient (Wildman–Crippen LogP) is 1.16. The third-order valence-corrected chi connectivity index (χ3v) is 4.84. The van der Waals surface area contributed by atoms with Gasteiger partial charge in [-0.3, -0.25) is 9.52 Å². The lowest BCUT2D eigenvalue weighted by Crippen LogP contribution is -2.11. The van der Waals surface area contributed by atoms with Crippen molar-refractivity contribution in [1.29, 1.82) is 0 Å². The molecule has 2 rings (SSSR count). The average Bonchev–Trinajstić information content (AvgIpc) is 2.87. The summed E-state index contributed by atoms with van der Waals surface area (Å²) in [5.41, 5.74) is 0. The van der Waals surface area contributed by atoms with Gasteiger partial charge in [-0.1, -0.05) is 5.16 Å². The second-order valence-electron chi connectivity index (χ2n) is 3.28. The minimum Gasteiger partial charge on any atom is -0.481 e. The second kappa shape index (κ2) is 4.78. The van der Waals surface area contributed by atoms with E-state index in [1.165, 1.54) is 24.5 Å². The van der Waals surface area contributed by atoms with Crippen LogP contribution in [0.2, 0.25) is 0 Å². The van der Waals surface area contributed by atoms with Gasteiger partial charge in [0.25, 0.3) is 10.0 Å². The van der Waals surface area contributed by atoms with E-state index < -0.39 is 16.0 Å². The highest BCUT2D eigenvalue weighted by atomic mass is 32.2. The maximum absolute atomic E-state index is 11.9. The third kappa shape index (κ3) is 2.87. The van der Waals surface area contributed by atoms with Crippen molar-refractivity contribution in [3.8, 4) is 0 Å². The Bertz CT molecular complexity index is 644. The molecule has 96 valence electrons. The molecule has 2 aromatic rings. The number of hydrogen-bond acceptors (Lipinski definition) is 6. The Morgan fingerprint density at radius 2 is 2.22 bits per heavy atom. The average molecular weight is 288 g/mol. The molecule has 0 radical (unpaired) electrons. The predicted molar refractivity (Wildman–Crippen MR) is 63.0 cm³/mol. The molecule has 0 aliphatic rings. The summed E-state index contributed by atoms with van der Waals surface area (Å²) in [6, 6.07) is 4.19. The quantitative estimate of drug-likeness (QED) is 0.854. The molecule has 0 aliphatic carbocycles. The zero-order valence-electron chi connectivity index (χ0n) is 8.86. The number of carboxylic acid groups (broad SMARTS) is 1. The van der Waals surface area contributed by atoms with Crippen molar-refractivity contribution in [2.24, 2.45) is 0 Å². The van der Waals surface area contributed by atoms with Crippen LogP contribution in [0.15, 0.2) is 33.2 Å². The Kier molecular flexibility index (Phi) is 3.34. The van der Waals surface area contributed by atoms with Gasteiger partial charge in [0.15, 0.2) is 5.82 Å². The summed E-state index contributed by atoms with van der Waals surface area (Å²) < 4.78 is 30.5. The van der Waals surface area contributed by atoms with Crippen LogP contribution < -0.4 is 4.72 Å². The Balaban J connectivity index is 2.19. The van der Waals surface area contributed by atoms with Gasteiger partial charge in [0.05, 0.1) is 6.42 Å². The fourth-order valence-electron chi connectivity index (χ4n) is 1.20. The van der Waals surface area contributed by atoms with E-state index in [1.54, 1.807) is 0 Å². The molecule has 0 aliphatic heterocycles. The molecule has 2 N–H and O–H groups in total. The Morgan fingerprint density at radius 1 is 1.44 bits per heavy atom. The van der Waals surface area contributed by atoms with Crippen molar-refractivity contribution in [2.75, 3.05) is 4.72 Å². The first-order valence-electron chi connectivity index (χ1n) is 4.71. The second-order valence-corrected chi connectivity index (χ2v) is 6.36. The van der Waals surface area contributed by atoms with Gasteiger partial charge in [-0.15, -0.1) is 11.3 Å². The van der Waals surface area contributed by atoms with Crippen LogP contribution in [0, 0.1) is 0 Å². The number of nitrogens with one attached hydrogen (secondary N) is 1. The minimum absolute atomic E-state index is 0.0294. The van der Waals surface area contributed by atoms with Gasteiger partial charge in [-0.2, -0.15) is 0 Å². The van der Waals surface area contributed by atoms with Crippen LogP contribution in [0.1, 0.15) is 4.88 Å². The number of aliphatic carboxylic acids is 1. The van der Waals surface area contributed by atoms with Crippen LogP contribution in [0.25, 0.3) is 0 Å². The van der Waals surface area contributed by atoms with Gasteiger partial charge in [0.2, 0.25) is 0 Å². The molecule has 0 fully saturated rings. The molecular formula is C9H8N2O5S2. The molecule has 2 heterocycles. The van der Waals surface area contributed by atoms with Crippen molar-refractivity contribution >= 4 is 33.1 Å². The van der Waals surface area contributed by atoms with E-state index in [4.69, 9.17) is 5.11 Å². The lowest BCUT2D eigenvalue weighted by Gasteiger charge is -2.00. The molecule has 0 aromatic carbocycles. The topological polar surface area (TPSA) is 110 Å². The minimum atomic E-state index is -3.75. The normalized spacial score (nSPS) is 11.3. The molecule has 0 saturated heterocycles. The van der Waals surface area contributed by atoms with Gasteiger partial charge in [0.1, 0.15) is 10.5 Å². The molecule has 2 aromatic heterocycles. The van der Waals surface area contributed by atoms with E-state index >= 15 is 0 Å². The molecule has 0 amide bonds. The number of anilines is 1.